The second-order valence-electron chi connectivity index (χ2n) is 9.53. The summed E-state index contributed by atoms with van der Waals surface area (Å²) >= 11 is 0. The van der Waals surface area contributed by atoms with Crippen LogP contribution in [-0.2, 0) is 0 Å². The van der Waals surface area contributed by atoms with E-state index in [-0.39, 0.29) is 0 Å². The second kappa shape index (κ2) is 8.54. The van der Waals surface area contributed by atoms with Crippen LogP contribution in [0.2, 0.25) is 0 Å². The first-order chi connectivity index (χ1) is 11.9. The van der Waals surface area contributed by atoms with Gasteiger partial charge in [-0.15, -0.1) is 0 Å². The molecule has 4 rings (SSSR count). The van der Waals surface area contributed by atoms with Crippen LogP contribution in [-0.4, -0.2) is 30.7 Å². The van der Waals surface area contributed by atoms with Crippen LogP contribution in [0.3, 0.4) is 0 Å². The van der Waals surface area contributed by atoms with E-state index < -0.39 is 0 Å². The third-order valence-electron chi connectivity index (χ3n) is 8.15. The van der Waals surface area contributed by atoms with Crippen molar-refractivity contribution in [3.63, 3.8) is 0 Å². The Labute approximate surface area is 150 Å². The normalized spacial score (nSPS) is 36.0. The molecule has 2 heteroatoms. The van der Waals surface area contributed by atoms with Gasteiger partial charge in [0.15, 0.2) is 0 Å². The number of quaternary nitrogens is 1. The third kappa shape index (κ3) is 4.01. The Bertz CT molecular complexity index is 356. The van der Waals surface area contributed by atoms with Gasteiger partial charge in [-0.3, -0.25) is 0 Å². The van der Waals surface area contributed by atoms with Crippen LogP contribution in [0.15, 0.2) is 0 Å². The fraction of sp³-hybridized carbons (Fsp3) is 1.00. The van der Waals surface area contributed by atoms with Crippen molar-refractivity contribution in [3.05, 3.63) is 0 Å². The van der Waals surface area contributed by atoms with Gasteiger partial charge in [-0.2, -0.15) is 0 Å². The van der Waals surface area contributed by atoms with Gasteiger partial charge in [0.2, 0.25) is 0 Å². The van der Waals surface area contributed by atoms with Crippen molar-refractivity contribution in [2.24, 2.45) is 23.7 Å². The predicted molar refractivity (Wildman–Crippen MR) is 101 cm³/mol. The van der Waals surface area contributed by atoms with E-state index in [9.17, 15) is 0 Å². The Balaban J connectivity index is 1.36. The lowest BCUT2D eigenvalue weighted by molar-refractivity contribution is -0.643. The van der Waals surface area contributed by atoms with E-state index in [1.54, 1.807) is 38.5 Å². The van der Waals surface area contributed by atoms with E-state index in [4.69, 9.17) is 0 Å². The Morgan fingerprint density at radius 2 is 1.21 bits per heavy atom. The smallest absolute Gasteiger partial charge is 0.132 e. The molecule has 0 bridgehead atoms. The van der Waals surface area contributed by atoms with Crippen LogP contribution in [0, 0.1) is 23.7 Å². The molecule has 1 unspecified atom stereocenters. The number of nitrogens with zero attached hydrogens (tertiary/aromatic N) is 1. The van der Waals surface area contributed by atoms with Gasteiger partial charge in [0.25, 0.3) is 0 Å². The molecule has 2 nitrogen and oxygen atoms in total. The molecule has 4 fully saturated rings. The number of rotatable bonds is 4. The van der Waals surface area contributed by atoms with Crippen LogP contribution in [0.25, 0.3) is 0 Å². The minimum atomic E-state index is 0.941. The molecule has 2 N–H and O–H groups in total. The Morgan fingerprint density at radius 3 is 1.83 bits per heavy atom. The van der Waals surface area contributed by atoms with Gasteiger partial charge in [0, 0.05) is 6.04 Å². The topological polar surface area (TPSA) is 19.9 Å². The van der Waals surface area contributed by atoms with Gasteiger partial charge >= 0.3 is 0 Å². The van der Waals surface area contributed by atoms with Gasteiger partial charge in [-0.05, 0) is 62.2 Å². The fourth-order valence-corrected chi connectivity index (χ4v) is 6.90. The molecule has 24 heavy (non-hydrogen) atoms. The van der Waals surface area contributed by atoms with Gasteiger partial charge in [-0.1, -0.05) is 51.4 Å². The number of nitrogens with two attached hydrogens (primary N) is 1. The van der Waals surface area contributed by atoms with Crippen molar-refractivity contribution in [1.82, 2.24) is 4.90 Å². The van der Waals surface area contributed by atoms with Crippen molar-refractivity contribution in [3.8, 4) is 0 Å². The summed E-state index contributed by atoms with van der Waals surface area (Å²) in [5.74, 6) is 4.26. The molecule has 0 aromatic carbocycles. The molecule has 1 aliphatic heterocycles. The zero-order valence-electron chi connectivity index (χ0n) is 15.9. The second-order valence-corrected chi connectivity index (χ2v) is 9.53. The first-order valence-electron chi connectivity index (χ1n) is 11.5. The average Bonchev–Trinajstić information content (AvgIpc) is 3.18. The lowest BCUT2D eigenvalue weighted by Crippen LogP contribution is -2.82. The number of hydrogen-bond donors (Lipinski definition) is 1. The molecule has 138 valence electrons. The average molecular weight is 334 g/mol. The minimum Gasteiger partial charge on any atom is -0.333 e. The molecule has 1 atom stereocenters. The van der Waals surface area contributed by atoms with Gasteiger partial charge in [0.05, 0.1) is 13.1 Å². The molecule has 0 aromatic rings. The quantitative estimate of drug-likeness (QED) is 0.819. The van der Waals surface area contributed by atoms with E-state index >= 15 is 0 Å². The number of hydrogen-bond acceptors (Lipinski definition) is 1. The Hall–Kier alpha value is -0.0800. The van der Waals surface area contributed by atoms with Crippen molar-refractivity contribution >= 4 is 0 Å². The highest BCUT2D eigenvalue weighted by Gasteiger charge is 2.39. The van der Waals surface area contributed by atoms with Crippen molar-refractivity contribution in [2.45, 2.75) is 95.9 Å². The van der Waals surface area contributed by atoms with Gasteiger partial charge in [-0.25, -0.2) is 4.90 Å². The first kappa shape index (κ1) is 17.3. The van der Waals surface area contributed by atoms with E-state index in [1.165, 1.54) is 71.1 Å². The molecule has 0 radical (unpaired) electrons. The Kier molecular flexibility index (Phi) is 6.17. The van der Waals surface area contributed by atoms with Crippen LogP contribution in [0.4, 0.5) is 0 Å². The standard InChI is InChI=1S/C22H40N2/c1-3-7-18(8-4-1)19-11-13-21(14-12-19)22(24-16-15-23-17-24)20-9-5-2-6-10-20/h18-23H,1-17H2/p+1. The molecule has 1 heterocycles. The summed E-state index contributed by atoms with van der Waals surface area (Å²) in [6.45, 7) is 4.01. The van der Waals surface area contributed by atoms with E-state index in [0.29, 0.717) is 0 Å². The maximum atomic E-state index is 2.90. The summed E-state index contributed by atoms with van der Waals surface area (Å²) in [6, 6.07) is 0.941. The zero-order valence-corrected chi connectivity index (χ0v) is 15.9. The molecule has 1 saturated heterocycles. The molecular formula is C22H41N2+. The molecule has 0 spiro atoms. The fourth-order valence-electron chi connectivity index (χ4n) is 6.90. The highest BCUT2D eigenvalue weighted by Crippen LogP contribution is 2.44. The lowest BCUT2D eigenvalue weighted by atomic mass is 9.67. The highest BCUT2D eigenvalue weighted by molar-refractivity contribution is 4.91. The predicted octanol–water partition coefficient (Wildman–Crippen LogP) is 4.16. The summed E-state index contributed by atoms with van der Waals surface area (Å²) in [6.07, 6.45) is 21.5. The van der Waals surface area contributed by atoms with Crippen molar-refractivity contribution < 1.29 is 5.32 Å². The molecule has 3 saturated carbocycles. The molecular weight excluding hydrogens is 292 g/mol. The monoisotopic (exact) mass is 333 g/mol. The molecule has 0 aromatic heterocycles. The molecule has 3 aliphatic carbocycles. The molecule has 4 aliphatic rings. The first-order valence-corrected chi connectivity index (χ1v) is 11.5. The maximum Gasteiger partial charge on any atom is 0.132 e. The van der Waals surface area contributed by atoms with Gasteiger partial charge in [0.1, 0.15) is 6.67 Å². The van der Waals surface area contributed by atoms with Crippen LogP contribution in [0.1, 0.15) is 89.9 Å². The zero-order chi connectivity index (χ0) is 16.2. The van der Waals surface area contributed by atoms with E-state index in [2.05, 4.69) is 10.2 Å². The molecule has 0 amide bonds. The van der Waals surface area contributed by atoms with Gasteiger partial charge < -0.3 is 5.32 Å². The van der Waals surface area contributed by atoms with E-state index in [0.717, 1.165) is 29.7 Å². The van der Waals surface area contributed by atoms with Crippen molar-refractivity contribution in [1.29, 1.82) is 0 Å². The third-order valence-corrected chi connectivity index (χ3v) is 8.15. The van der Waals surface area contributed by atoms with Crippen LogP contribution >= 0.6 is 0 Å². The minimum absolute atomic E-state index is 0.941. The van der Waals surface area contributed by atoms with Crippen molar-refractivity contribution in [2.75, 3.05) is 19.8 Å². The summed E-state index contributed by atoms with van der Waals surface area (Å²) in [5.41, 5.74) is 0. The van der Waals surface area contributed by atoms with Crippen LogP contribution in [0.5, 0.6) is 0 Å². The summed E-state index contributed by atoms with van der Waals surface area (Å²) in [7, 11) is 0. The van der Waals surface area contributed by atoms with Crippen LogP contribution < -0.4 is 5.32 Å². The van der Waals surface area contributed by atoms with E-state index in [1.807, 2.05) is 0 Å². The lowest BCUT2D eigenvalue weighted by Gasteiger charge is -2.44. The Morgan fingerprint density at radius 1 is 0.625 bits per heavy atom. The largest absolute Gasteiger partial charge is 0.333 e. The SMILES string of the molecule is C1CCC(C2CCC(C(C3CCCCC3)N3CC[NH2+]C3)CC2)CC1. The summed E-state index contributed by atoms with van der Waals surface area (Å²) in [5, 5.41) is 2.55. The summed E-state index contributed by atoms with van der Waals surface area (Å²) in [4.78, 5) is 2.90. The summed E-state index contributed by atoms with van der Waals surface area (Å²) < 4.78 is 0. The maximum absolute atomic E-state index is 2.90. The highest BCUT2D eigenvalue weighted by atomic mass is 15.3.